The lowest BCUT2D eigenvalue weighted by atomic mass is 10.3. The highest BCUT2D eigenvalue weighted by Crippen LogP contribution is 2.18. The predicted molar refractivity (Wildman–Crippen MR) is 70.6 cm³/mol. The number of nitrogens with zero attached hydrogens (tertiary/aromatic N) is 1. The van der Waals surface area contributed by atoms with Crippen LogP contribution in [0, 0.1) is 6.92 Å². The van der Waals surface area contributed by atoms with Crippen molar-refractivity contribution in [3.05, 3.63) is 48.3 Å². The van der Waals surface area contributed by atoms with Gasteiger partial charge in [0.2, 0.25) is 0 Å². The van der Waals surface area contributed by atoms with Crippen LogP contribution in [0.25, 0.3) is 0 Å². The summed E-state index contributed by atoms with van der Waals surface area (Å²) in [5, 5.41) is 0. The summed E-state index contributed by atoms with van der Waals surface area (Å²) >= 11 is 0. The van der Waals surface area contributed by atoms with E-state index in [1.165, 1.54) is 12.1 Å². The Morgan fingerprint density at radius 1 is 1.17 bits per heavy atom. The lowest BCUT2D eigenvalue weighted by molar-refractivity contribution is 0.601. The van der Waals surface area contributed by atoms with Crippen LogP contribution in [0.15, 0.2) is 47.5 Å². The van der Waals surface area contributed by atoms with E-state index in [1.807, 2.05) is 0 Å². The van der Waals surface area contributed by atoms with E-state index in [0.717, 1.165) is 0 Å². The maximum atomic E-state index is 12.1. The van der Waals surface area contributed by atoms with Gasteiger partial charge in [-0.3, -0.25) is 9.71 Å². The molecule has 18 heavy (non-hydrogen) atoms. The first-order valence-corrected chi connectivity index (χ1v) is 6.77. The Hall–Kier alpha value is -2.08. The van der Waals surface area contributed by atoms with Gasteiger partial charge in [-0.15, -0.1) is 0 Å². The molecule has 1 aromatic heterocycles. The Morgan fingerprint density at radius 2 is 1.83 bits per heavy atom. The average molecular weight is 263 g/mol. The lowest BCUT2D eigenvalue weighted by Crippen LogP contribution is -2.14. The molecule has 0 unspecified atom stereocenters. The number of nitrogens with one attached hydrogen (secondary N) is 1. The third kappa shape index (κ3) is 2.60. The van der Waals surface area contributed by atoms with Gasteiger partial charge in [-0.05, 0) is 43.3 Å². The van der Waals surface area contributed by atoms with Gasteiger partial charge in [-0.2, -0.15) is 0 Å². The fraction of sp³-hybridized carbons (Fsp3) is 0.0833. The van der Waals surface area contributed by atoms with E-state index < -0.39 is 10.0 Å². The number of pyridine rings is 1. The normalized spacial score (nSPS) is 11.2. The summed E-state index contributed by atoms with van der Waals surface area (Å²) in [6, 6.07) is 9.35. The molecule has 5 nitrogen and oxygen atoms in total. The van der Waals surface area contributed by atoms with Crippen LogP contribution >= 0.6 is 0 Å². The molecular formula is C12H13N3O2S. The second-order valence-corrected chi connectivity index (χ2v) is 5.49. The summed E-state index contributed by atoms with van der Waals surface area (Å²) in [6.45, 7) is 1.74. The summed E-state index contributed by atoms with van der Waals surface area (Å²) in [4.78, 5) is 4.19. The molecule has 0 radical (unpaired) electrons. The maximum Gasteiger partial charge on any atom is 0.261 e. The summed E-state index contributed by atoms with van der Waals surface area (Å²) in [7, 11) is -3.60. The van der Waals surface area contributed by atoms with Crippen molar-refractivity contribution in [3.8, 4) is 0 Å². The number of aryl methyl sites for hydroxylation is 1. The minimum Gasteiger partial charge on any atom is -0.399 e. The van der Waals surface area contributed by atoms with E-state index in [4.69, 9.17) is 5.73 Å². The molecule has 3 N–H and O–H groups in total. The Bertz CT molecular complexity index is 651. The monoisotopic (exact) mass is 263 g/mol. The van der Waals surface area contributed by atoms with Crippen molar-refractivity contribution in [3.63, 3.8) is 0 Å². The molecule has 0 atom stereocenters. The van der Waals surface area contributed by atoms with Crippen LogP contribution < -0.4 is 10.5 Å². The molecule has 2 rings (SSSR count). The number of anilines is 2. The molecular weight excluding hydrogens is 250 g/mol. The zero-order valence-corrected chi connectivity index (χ0v) is 10.6. The molecule has 0 spiro atoms. The van der Waals surface area contributed by atoms with Gasteiger partial charge in [-0.1, -0.05) is 0 Å². The molecule has 6 heteroatoms. The first-order chi connectivity index (χ1) is 8.49. The van der Waals surface area contributed by atoms with E-state index in [9.17, 15) is 8.42 Å². The number of rotatable bonds is 3. The molecule has 0 amide bonds. The van der Waals surface area contributed by atoms with Crippen molar-refractivity contribution < 1.29 is 8.42 Å². The summed E-state index contributed by atoms with van der Waals surface area (Å²) in [5.41, 5.74) is 7.13. The zero-order chi connectivity index (χ0) is 13.2. The Labute approximate surface area is 106 Å². The standard InChI is InChI=1S/C12H13N3O2S/c1-9-12(3-2-8-14-9)15-18(16,17)11-6-4-10(13)5-7-11/h2-8,15H,13H2,1H3. The van der Waals surface area contributed by atoms with Gasteiger partial charge < -0.3 is 5.73 Å². The van der Waals surface area contributed by atoms with E-state index in [0.29, 0.717) is 17.1 Å². The van der Waals surface area contributed by atoms with Crippen LogP contribution in [-0.2, 0) is 10.0 Å². The van der Waals surface area contributed by atoms with Gasteiger partial charge in [0.25, 0.3) is 10.0 Å². The largest absolute Gasteiger partial charge is 0.399 e. The van der Waals surface area contributed by atoms with E-state index in [-0.39, 0.29) is 4.90 Å². The Morgan fingerprint density at radius 3 is 2.44 bits per heavy atom. The SMILES string of the molecule is Cc1ncccc1NS(=O)(=O)c1ccc(N)cc1. The van der Waals surface area contributed by atoms with Gasteiger partial charge in [0.1, 0.15) is 0 Å². The zero-order valence-electron chi connectivity index (χ0n) is 9.79. The van der Waals surface area contributed by atoms with Crippen molar-refractivity contribution in [1.82, 2.24) is 4.98 Å². The van der Waals surface area contributed by atoms with Crippen molar-refractivity contribution in [2.24, 2.45) is 0 Å². The third-order valence-corrected chi connectivity index (χ3v) is 3.82. The molecule has 94 valence electrons. The molecule has 0 fully saturated rings. The number of nitrogen functional groups attached to an aromatic ring is 1. The molecule has 0 saturated carbocycles. The van der Waals surface area contributed by atoms with Gasteiger partial charge >= 0.3 is 0 Å². The average Bonchev–Trinajstić information content (AvgIpc) is 2.32. The van der Waals surface area contributed by atoms with E-state index >= 15 is 0 Å². The van der Waals surface area contributed by atoms with Crippen molar-refractivity contribution in [2.45, 2.75) is 11.8 Å². The summed E-state index contributed by atoms with van der Waals surface area (Å²) < 4.78 is 26.7. The second kappa shape index (κ2) is 4.66. The Kier molecular flexibility index (Phi) is 3.20. The van der Waals surface area contributed by atoms with Crippen molar-refractivity contribution >= 4 is 21.4 Å². The number of sulfonamides is 1. The van der Waals surface area contributed by atoms with Gasteiger partial charge in [-0.25, -0.2) is 8.42 Å². The van der Waals surface area contributed by atoms with Gasteiger partial charge in [0.05, 0.1) is 16.3 Å². The minimum absolute atomic E-state index is 0.167. The van der Waals surface area contributed by atoms with Crippen molar-refractivity contribution in [1.29, 1.82) is 0 Å². The predicted octanol–water partition coefficient (Wildman–Crippen LogP) is 1.77. The smallest absolute Gasteiger partial charge is 0.261 e. The number of hydrogen-bond acceptors (Lipinski definition) is 4. The van der Waals surface area contributed by atoms with Crippen LogP contribution in [0.4, 0.5) is 11.4 Å². The van der Waals surface area contributed by atoms with Crippen LogP contribution in [0.2, 0.25) is 0 Å². The highest BCUT2D eigenvalue weighted by Gasteiger charge is 2.14. The van der Waals surface area contributed by atoms with Crippen LogP contribution in [-0.4, -0.2) is 13.4 Å². The molecule has 2 aromatic rings. The first-order valence-electron chi connectivity index (χ1n) is 5.29. The second-order valence-electron chi connectivity index (χ2n) is 3.81. The fourth-order valence-electron chi connectivity index (χ4n) is 1.44. The lowest BCUT2D eigenvalue weighted by Gasteiger charge is -2.09. The molecule has 1 heterocycles. The maximum absolute atomic E-state index is 12.1. The fourth-order valence-corrected chi connectivity index (χ4v) is 2.56. The number of aromatic nitrogens is 1. The molecule has 0 aliphatic carbocycles. The molecule has 1 aromatic carbocycles. The van der Waals surface area contributed by atoms with E-state index in [1.54, 1.807) is 37.4 Å². The summed E-state index contributed by atoms with van der Waals surface area (Å²) in [6.07, 6.45) is 1.61. The third-order valence-electron chi connectivity index (χ3n) is 2.44. The molecule has 0 bridgehead atoms. The highest BCUT2D eigenvalue weighted by atomic mass is 32.2. The molecule has 0 aliphatic heterocycles. The first kappa shape index (κ1) is 12.4. The molecule has 0 aliphatic rings. The van der Waals surface area contributed by atoms with Crippen LogP contribution in [0.3, 0.4) is 0 Å². The number of hydrogen-bond donors (Lipinski definition) is 2. The number of nitrogens with two attached hydrogens (primary N) is 1. The van der Waals surface area contributed by atoms with E-state index in [2.05, 4.69) is 9.71 Å². The van der Waals surface area contributed by atoms with Gasteiger partial charge in [0.15, 0.2) is 0 Å². The Balaban J connectivity index is 2.33. The van der Waals surface area contributed by atoms with Crippen LogP contribution in [0.5, 0.6) is 0 Å². The summed E-state index contributed by atoms with van der Waals surface area (Å²) in [5.74, 6) is 0. The highest BCUT2D eigenvalue weighted by molar-refractivity contribution is 7.92. The number of benzene rings is 1. The molecule has 0 saturated heterocycles. The van der Waals surface area contributed by atoms with Crippen molar-refractivity contribution in [2.75, 3.05) is 10.5 Å². The quantitative estimate of drug-likeness (QED) is 0.826. The van der Waals surface area contributed by atoms with Gasteiger partial charge in [0, 0.05) is 11.9 Å². The van der Waals surface area contributed by atoms with Crippen LogP contribution in [0.1, 0.15) is 5.69 Å². The topological polar surface area (TPSA) is 85.1 Å². The minimum atomic E-state index is -3.60.